The number of anilines is 1. The van der Waals surface area contributed by atoms with E-state index in [-0.39, 0.29) is 6.10 Å². The lowest BCUT2D eigenvalue weighted by molar-refractivity contribution is 0.0932. The Balaban J connectivity index is 2.36. The van der Waals surface area contributed by atoms with Crippen molar-refractivity contribution in [1.29, 1.82) is 5.26 Å². The summed E-state index contributed by atoms with van der Waals surface area (Å²) in [6.45, 7) is 2.73. The second kappa shape index (κ2) is 4.98. The fraction of sp³-hybridized carbons (Fsp3) is 0.500. The maximum Gasteiger partial charge on any atom is 0.159 e. The molecule has 0 saturated heterocycles. The van der Waals surface area contributed by atoms with Gasteiger partial charge in [0.1, 0.15) is 6.10 Å². The van der Waals surface area contributed by atoms with Gasteiger partial charge in [-0.3, -0.25) is 4.68 Å². The Labute approximate surface area is 90.6 Å². The topological polar surface area (TPSA) is 76.9 Å². The summed E-state index contributed by atoms with van der Waals surface area (Å²) in [4.78, 5) is 0. The summed E-state index contributed by atoms with van der Waals surface area (Å²) in [5.74, 6) is 0.457. The highest BCUT2D eigenvalue weighted by Gasteiger charge is 2.03. The predicted molar refractivity (Wildman–Crippen MR) is 55.4 cm³/mol. The lowest BCUT2D eigenvalue weighted by Gasteiger charge is -2.04. The number of nitrogens with zero attached hydrogens (tertiary/aromatic N) is 3. The van der Waals surface area contributed by atoms with Gasteiger partial charge in [0.2, 0.25) is 0 Å². The number of nitriles is 1. The summed E-state index contributed by atoms with van der Waals surface area (Å²) in [5, 5.41) is 12.5. The zero-order valence-corrected chi connectivity index (χ0v) is 9.36. The van der Waals surface area contributed by atoms with Gasteiger partial charge < -0.3 is 10.5 Å². The van der Waals surface area contributed by atoms with Crippen LogP contribution in [-0.2, 0) is 11.3 Å². The van der Waals surface area contributed by atoms with E-state index in [1.807, 2.05) is 6.07 Å². The van der Waals surface area contributed by atoms with Crippen LogP contribution in [0.15, 0.2) is 10.7 Å². The third-order valence-electron chi connectivity index (χ3n) is 1.61. The second-order valence-corrected chi connectivity index (χ2v) is 3.62. The number of ether oxygens (including phenoxy) is 1. The Morgan fingerprint density at radius 2 is 2.57 bits per heavy atom. The van der Waals surface area contributed by atoms with E-state index in [2.05, 4.69) is 21.0 Å². The minimum Gasteiger partial charge on any atom is -0.381 e. The molecule has 2 N–H and O–H groups in total. The van der Waals surface area contributed by atoms with Crippen LogP contribution in [0.1, 0.15) is 6.92 Å². The molecule has 0 saturated carbocycles. The average Bonchev–Trinajstić information content (AvgIpc) is 2.46. The minimum absolute atomic E-state index is 0.383. The standard InChI is InChI=1S/C8H11BrN4O/c1-6(4-10)14-3-2-13-5-7(9)8(11)12-13/h5-6H,2-3H2,1H3,(H2,11,12). The molecule has 0 radical (unpaired) electrons. The molecule has 14 heavy (non-hydrogen) atoms. The van der Waals surface area contributed by atoms with Crippen LogP contribution in [0.5, 0.6) is 0 Å². The maximum absolute atomic E-state index is 8.46. The lowest BCUT2D eigenvalue weighted by Crippen LogP contribution is -2.12. The number of hydrogen-bond donors (Lipinski definition) is 1. The van der Waals surface area contributed by atoms with Crippen molar-refractivity contribution in [2.45, 2.75) is 19.6 Å². The monoisotopic (exact) mass is 258 g/mol. The molecule has 1 heterocycles. The molecule has 0 bridgehead atoms. The Hall–Kier alpha value is -1.06. The summed E-state index contributed by atoms with van der Waals surface area (Å²) in [6, 6.07) is 1.98. The van der Waals surface area contributed by atoms with Crippen molar-refractivity contribution >= 4 is 21.7 Å². The van der Waals surface area contributed by atoms with Crippen LogP contribution < -0.4 is 5.73 Å². The maximum atomic E-state index is 8.46. The minimum atomic E-state index is -0.383. The molecule has 0 aliphatic heterocycles. The Morgan fingerprint density at radius 1 is 1.86 bits per heavy atom. The molecule has 0 aromatic carbocycles. The molecule has 1 unspecified atom stereocenters. The molecular weight excluding hydrogens is 248 g/mol. The van der Waals surface area contributed by atoms with Crippen molar-refractivity contribution in [2.75, 3.05) is 12.3 Å². The van der Waals surface area contributed by atoms with E-state index in [4.69, 9.17) is 15.7 Å². The molecule has 1 aromatic rings. The molecule has 5 nitrogen and oxygen atoms in total. The third kappa shape index (κ3) is 3.01. The first-order chi connectivity index (χ1) is 6.63. The number of halogens is 1. The van der Waals surface area contributed by atoms with E-state index in [0.717, 1.165) is 4.47 Å². The van der Waals surface area contributed by atoms with Crippen LogP contribution >= 0.6 is 15.9 Å². The van der Waals surface area contributed by atoms with Crippen molar-refractivity contribution in [3.05, 3.63) is 10.7 Å². The van der Waals surface area contributed by atoms with Crippen molar-refractivity contribution < 1.29 is 4.74 Å². The normalized spacial score (nSPS) is 12.4. The molecule has 1 aromatic heterocycles. The Morgan fingerprint density at radius 3 is 3.07 bits per heavy atom. The molecule has 0 amide bonds. The van der Waals surface area contributed by atoms with Gasteiger partial charge in [-0.25, -0.2) is 0 Å². The molecule has 1 rings (SSSR count). The van der Waals surface area contributed by atoms with Crippen LogP contribution in [0.25, 0.3) is 0 Å². The summed E-state index contributed by atoms with van der Waals surface area (Å²) in [5.41, 5.74) is 5.53. The van der Waals surface area contributed by atoms with Crippen molar-refractivity contribution in [2.24, 2.45) is 0 Å². The van der Waals surface area contributed by atoms with Gasteiger partial charge >= 0.3 is 0 Å². The Bertz CT molecular complexity index is 324. The van der Waals surface area contributed by atoms with Crippen LogP contribution in [-0.4, -0.2) is 22.5 Å². The molecule has 0 aliphatic carbocycles. The molecule has 0 fully saturated rings. The summed E-state index contributed by atoms with van der Waals surface area (Å²) < 4.78 is 7.61. The highest BCUT2D eigenvalue weighted by molar-refractivity contribution is 9.10. The smallest absolute Gasteiger partial charge is 0.159 e. The first-order valence-corrected chi connectivity index (χ1v) is 4.92. The largest absolute Gasteiger partial charge is 0.381 e. The van der Waals surface area contributed by atoms with Crippen LogP contribution in [0.2, 0.25) is 0 Å². The van der Waals surface area contributed by atoms with Gasteiger partial charge in [-0.2, -0.15) is 10.4 Å². The van der Waals surface area contributed by atoms with Gasteiger partial charge in [0.05, 0.1) is 23.7 Å². The summed E-state index contributed by atoms with van der Waals surface area (Å²) in [6.07, 6.45) is 1.39. The van der Waals surface area contributed by atoms with Crippen molar-refractivity contribution in [3.8, 4) is 6.07 Å². The molecule has 1 atom stereocenters. The van der Waals surface area contributed by atoms with E-state index in [1.165, 1.54) is 0 Å². The van der Waals surface area contributed by atoms with Gasteiger partial charge in [-0.15, -0.1) is 0 Å². The second-order valence-electron chi connectivity index (χ2n) is 2.77. The summed E-state index contributed by atoms with van der Waals surface area (Å²) >= 11 is 3.25. The highest BCUT2D eigenvalue weighted by atomic mass is 79.9. The van der Waals surface area contributed by atoms with Gasteiger partial charge in [-0.05, 0) is 22.9 Å². The quantitative estimate of drug-likeness (QED) is 0.880. The van der Waals surface area contributed by atoms with Gasteiger partial charge in [-0.1, -0.05) is 0 Å². The number of nitrogen functional groups attached to an aromatic ring is 1. The zero-order valence-electron chi connectivity index (χ0n) is 7.77. The average molecular weight is 259 g/mol. The first-order valence-electron chi connectivity index (χ1n) is 4.13. The van der Waals surface area contributed by atoms with Crippen LogP contribution in [0.3, 0.4) is 0 Å². The third-order valence-corrected chi connectivity index (χ3v) is 2.22. The zero-order chi connectivity index (χ0) is 10.6. The molecule has 0 aliphatic rings. The lowest BCUT2D eigenvalue weighted by atomic mass is 10.5. The van der Waals surface area contributed by atoms with E-state index < -0.39 is 0 Å². The van der Waals surface area contributed by atoms with Crippen molar-refractivity contribution in [3.63, 3.8) is 0 Å². The van der Waals surface area contributed by atoms with E-state index in [0.29, 0.717) is 19.0 Å². The summed E-state index contributed by atoms with van der Waals surface area (Å²) in [7, 11) is 0. The number of aromatic nitrogens is 2. The van der Waals surface area contributed by atoms with E-state index in [9.17, 15) is 0 Å². The molecule has 6 heteroatoms. The molecular formula is C8H11BrN4O. The Kier molecular flexibility index (Phi) is 3.92. The van der Waals surface area contributed by atoms with Gasteiger partial charge in [0.15, 0.2) is 5.82 Å². The first kappa shape index (κ1) is 11.0. The predicted octanol–water partition coefficient (Wildman–Crippen LogP) is 1.16. The van der Waals surface area contributed by atoms with Gasteiger partial charge in [0.25, 0.3) is 0 Å². The van der Waals surface area contributed by atoms with E-state index in [1.54, 1.807) is 17.8 Å². The number of rotatable bonds is 4. The number of hydrogen-bond acceptors (Lipinski definition) is 4. The number of nitrogens with two attached hydrogens (primary N) is 1. The SMILES string of the molecule is CC(C#N)OCCn1cc(Br)c(N)n1. The van der Waals surface area contributed by atoms with E-state index >= 15 is 0 Å². The van der Waals surface area contributed by atoms with Gasteiger partial charge in [0, 0.05) is 6.20 Å². The van der Waals surface area contributed by atoms with Crippen LogP contribution in [0, 0.1) is 11.3 Å². The highest BCUT2D eigenvalue weighted by Crippen LogP contribution is 2.15. The fourth-order valence-corrected chi connectivity index (χ4v) is 1.20. The van der Waals surface area contributed by atoms with Crippen LogP contribution in [0.4, 0.5) is 5.82 Å². The fourth-order valence-electron chi connectivity index (χ4n) is 0.887. The molecule has 0 spiro atoms. The molecule has 76 valence electrons. The van der Waals surface area contributed by atoms with Crippen molar-refractivity contribution in [1.82, 2.24) is 9.78 Å².